The second-order valence-corrected chi connectivity index (χ2v) is 4.74. The number of ether oxygens (including phenoxy) is 1. The van der Waals surface area contributed by atoms with E-state index in [2.05, 4.69) is 31.3 Å². The van der Waals surface area contributed by atoms with E-state index in [0.717, 1.165) is 21.5 Å². The lowest BCUT2D eigenvalue weighted by molar-refractivity contribution is 0.458. The molecular weight excluding hydrogens is 296 g/mol. The van der Waals surface area contributed by atoms with Crippen LogP contribution in [0, 0.1) is 13.8 Å². The molecule has 0 radical (unpaired) electrons. The van der Waals surface area contributed by atoms with Gasteiger partial charge < -0.3 is 4.74 Å². The Labute approximate surface area is 113 Å². The highest BCUT2D eigenvalue weighted by Gasteiger charge is 2.06. The van der Waals surface area contributed by atoms with Gasteiger partial charge in [0, 0.05) is 16.2 Å². The summed E-state index contributed by atoms with van der Waals surface area (Å²) in [7, 11) is 0. The van der Waals surface area contributed by atoms with Gasteiger partial charge in [0.1, 0.15) is 5.75 Å². The molecule has 94 valence electrons. The molecule has 3 N–H and O–H groups in total. The number of nitrogens with two attached hydrogens (primary N) is 1. The van der Waals surface area contributed by atoms with Crippen molar-refractivity contribution < 1.29 is 4.74 Å². The van der Waals surface area contributed by atoms with Crippen LogP contribution in [0.4, 0.5) is 5.95 Å². The van der Waals surface area contributed by atoms with Gasteiger partial charge in [-0.25, -0.2) is 10.8 Å². The van der Waals surface area contributed by atoms with Crippen molar-refractivity contribution in [1.82, 2.24) is 9.97 Å². The van der Waals surface area contributed by atoms with Crippen LogP contribution >= 0.6 is 15.9 Å². The van der Waals surface area contributed by atoms with E-state index in [4.69, 9.17) is 10.6 Å². The maximum Gasteiger partial charge on any atom is 0.240 e. The zero-order valence-corrected chi connectivity index (χ0v) is 11.7. The van der Waals surface area contributed by atoms with Crippen LogP contribution in [0.1, 0.15) is 11.3 Å². The molecule has 0 aliphatic carbocycles. The van der Waals surface area contributed by atoms with E-state index in [0.29, 0.717) is 11.8 Å². The highest BCUT2D eigenvalue weighted by Crippen LogP contribution is 2.27. The molecule has 0 atom stereocenters. The molecule has 1 heterocycles. The van der Waals surface area contributed by atoms with Gasteiger partial charge in [0.15, 0.2) is 0 Å². The molecule has 0 spiro atoms. The van der Waals surface area contributed by atoms with E-state index in [-0.39, 0.29) is 0 Å². The van der Waals surface area contributed by atoms with Crippen molar-refractivity contribution in [2.75, 3.05) is 5.43 Å². The number of aryl methyl sites for hydroxylation is 2. The maximum atomic E-state index is 5.74. The Balaban J connectivity index is 2.33. The van der Waals surface area contributed by atoms with Gasteiger partial charge in [-0.05, 0) is 31.5 Å². The quantitative estimate of drug-likeness (QED) is 0.673. The molecule has 0 saturated heterocycles. The third-order valence-electron chi connectivity index (χ3n) is 2.32. The highest BCUT2D eigenvalue weighted by atomic mass is 79.9. The van der Waals surface area contributed by atoms with Gasteiger partial charge in [0.05, 0.1) is 0 Å². The molecule has 0 saturated carbocycles. The van der Waals surface area contributed by atoms with Crippen LogP contribution in [0.15, 0.2) is 28.7 Å². The Morgan fingerprint density at radius 2 is 2.00 bits per heavy atom. The average molecular weight is 309 g/mol. The van der Waals surface area contributed by atoms with Gasteiger partial charge in [0.25, 0.3) is 0 Å². The molecule has 0 amide bonds. The van der Waals surface area contributed by atoms with Crippen LogP contribution in [0.5, 0.6) is 11.6 Å². The van der Waals surface area contributed by atoms with Crippen LogP contribution in [-0.4, -0.2) is 9.97 Å². The topological polar surface area (TPSA) is 73.1 Å². The number of hydrogen-bond acceptors (Lipinski definition) is 5. The zero-order chi connectivity index (χ0) is 13.1. The Hall–Kier alpha value is -1.66. The first-order valence-electron chi connectivity index (χ1n) is 5.35. The molecule has 0 unspecified atom stereocenters. The number of nitrogen functional groups attached to an aromatic ring is 1. The third kappa shape index (κ3) is 2.96. The van der Waals surface area contributed by atoms with Crippen LogP contribution in [-0.2, 0) is 0 Å². The summed E-state index contributed by atoms with van der Waals surface area (Å²) in [5, 5.41) is 0. The van der Waals surface area contributed by atoms with E-state index >= 15 is 0 Å². The largest absolute Gasteiger partial charge is 0.439 e. The molecule has 1 aromatic heterocycles. The number of hydrogen-bond donors (Lipinski definition) is 2. The first kappa shape index (κ1) is 12.8. The first-order valence-corrected chi connectivity index (χ1v) is 6.14. The van der Waals surface area contributed by atoms with Gasteiger partial charge in [-0.15, -0.1) is 0 Å². The lowest BCUT2D eigenvalue weighted by Crippen LogP contribution is -2.11. The number of benzene rings is 1. The average Bonchev–Trinajstić information content (AvgIpc) is 2.33. The molecule has 2 rings (SSSR count). The fraction of sp³-hybridized carbons (Fsp3) is 0.167. The Kier molecular flexibility index (Phi) is 3.78. The zero-order valence-electron chi connectivity index (χ0n) is 10.1. The highest BCUT2D eigenvalue weighted by molar-refractivity contribution is 9.10. The summed E-state index contributed by atoms with van der Waals surface area (Å²) in [6, 6.07) is 7.57. The second-order valence-electron chi connectivity index (χ2n) is 3.83. The second kappa shape index (κ2) is 5.32. The number of nitrogens with zero attached hydrogens (tertiary/aromatic N) is 2. The van der Waals surface area contributed by atoms with Crippen molar-refractivity contribution in [2.45, 2.75) is 13.8 Å². The van der Waals surface area contributed by atoms with Crippen molar-refractivity contribution >= 4 is 21.9 Å². The lowest BCUT2D eigenvalue weighted by atomic mass is 10.2. The van der Waals surface area contributed by atoms with Crippen LogP contribution < -0.4 is 16.0 Å². The summed E-state index contributed by atoms with van der Waals surface area (Å²) >= 11 is 3.41. The van der Waals surface area contributed by atoms with E-state index in [1.165, 1.54) is 0 Å². The van der Waals surface area contributed by atoms with Crippen molar-refractivity contribution in [3.63, 3.8) is 0 Å². The molecule has 6 heteroatoms. The van der Waals surface area contributed by atoms with Gasteiger partial charge in [0.2, 0.25) is 11.8 Å². The molecule has 2 aromatic rings. The SMILES string of the molecule is Cc1cc(Oc2cc(Br)ccc2C)nc(NN)n1. The predicted molar refractivity (Wildman–Crippen MR) is 73.5 cm³/mol. The molecule has 0 bridgehead atoms. The third-order valence-corrected chi connectivity index (χ3v) is 2.82. The fourth-order valence-electron chi connectivity index (χ4n) is 1.45. The van der Waals surface area contributed by atoms with Gasteiger partial charge in [-0.1, -0.05) is 22.0 Å². The summed E-state index contributed by atoms with van der Waals surface area (Å²) in [5.41, 5.74) is 4.21. The minimum Gasteiger partial charge on any atom is -0.439 e. The van der Waals surface area contributed by atoms with Crippen LogP contribution in [0.3, 0.4) is 0 Å². The monoisotopic (exact) mass is 308 g/mol. The molecule has 18 heavy (non-hydrogen) atoms. The molecule has 0 aliphatic rings. The first-order chi connectivity index (χ1) is 8.58. The summed E-state index contributed by atoms with van der Waals surface area (Å²) in [6.45, 7) is 3.82. The standard InChI is InChI=1S/C12H13BrN4O/c1-7-3-4-9(13)6-10(7)18-11-5-8(2)15-12(16-11)17-14/h3-6H,14H2,1-2H3,(H,15,16,17). The van der Waals surface area contributed by atoms with Crippen molar-refractivity contribution in [3.8, 4) is 11.6 Å². The van der Waals surface area contributed by atoms with Gasteiger partial charge >= 0.3 is 0 Å². The smallest absolute Gasteiger partial charge is 0.240 e. The van der Waals surface area contributed by atoms with E-state index < -0.39 is 0 Å². The van der Waals surface area contributed by atoms with Gasteiger partial charge in [-0.2, -0.15) is 4.98 Å². The minimum absolute atomic E-state index is 0.331. The Morgan fingerprint density at radius 3 is 2.72 bits per heavy atom. The number of anilines is 1. The summed E-state index contributed by atoms with van der Waals surface area (Å²) in [5.74, 6) is 6.82. The molecule has 5 nitrogen and oxygen atoms in total. The molecule has 0 aliphatic heterocycles. The van der Waals surface area contributed by atoms with Gasteiger partial charge in [-0.3, -0.25) is 5.43 Å². The summed E-state index contributed by atoms with van der Waals surface area (Å²) < 4.78 is 6.69. The molecular formula is C12H13BrN4O. The van der Waals surface area contributed by atoms with Crippen molar-refractivity contribution in [3.05, 3.63) is 40.0 Å². The molecule has 0 fully saturated rings. The van der Waals surface area contributed by atoms with Crippen molar-refractivity contribution in [1.29, 1.82) is 0 Å². The van der Waals surface area contributed by atoms with E-state index in [1.807, 2.05) is 32.0 Å². The molecule has 1 aromatic carbocycles. The lowest BCUT2D eigenvalue weighted by Gasteiger charge is -2.09. The van der Waals surface area contributed by atoms with Crippen LogP contribution in [0.2, 0.25) is 0 Å². The Bertz CT molecular complexity index is 574. The summed E-state index contributed by atoms with van der Waals surface area (Å²) in [6.07, 6.45) is 0. The Morgan fingerprint density at radius 1 is 1.22 bits per heavy atom. The predicted octanol–water partition coefficient (Wildman–Crippen LogP) is 2.93. The van der Waals surface area contributed by atoms with Crippen molar-refractivity contribution in [2.24, 2.45) is 5.84 Å². The normalized spacial score (nSPS) is 10.2. The number of aromatic nitrogens is 2. The number of rotatable bonds is 3. The maximum absolute atomic E-state index is 5.74. The number of hydrazine groups is 1. The van der Waals surface area contributed by atoms with Crippen LogP contribution in [0.25, 0.3) is 0 Å². The fourth-order valence-corrected chi connectivity index (χ4v) is 1.79. The summed E-state index contributed by atoms with van der Waals surface area (Å²) in [4.78, 5) is 8.23. The number of halogens is 1. The number of nitrogens with one attached hydrogen (secondary N) is 1. The van der Waals surface area contributed by atoms with E-state index in [9.17, 15) is 0 Å². The minimum atomic E-state index is 0.331. The van der Waals surface area contributed by atoms with E-state index in [1.54, 1.807) is 6.07 Å².